The Bertz CT molecular complexity index is 1140. The van der Waals surface area contributed by atoms with Crippen LogP contribution in [0.2, 0.25) is 0 Å². The summed E-state index contributed by atoms with van der Waals surface area (Å²) >= 11 is 0. The minimum Gasteiger partial charge on any atom is -0.486 e. The second-order valence-corrected chi connectivity index (χ2v) is 9.83. The molecule has 0 unspecified atom stereocenters. The average Bonchev–Trinajstić information content (AvgIpc) is 3.24. The highest BCUT2D eigenvalue weighted by Crippen LogP contribution is 2.41. The third-order valence-electron chi connectivity index (χ3n) is 7.70. The number of carbonyl (C=O) groups is 1. The Hall–Kier alpha value is -3.17. The van der Waals surface area contributed by atoms with Crippen LogP contribution in [0.3, 0.4) is 0 Å². The van der Waals surface area contributed by atoms with Gasteiger partial charge in [-0.15, -0.1) is 0 Å². The van der Waals surface area contributed by atoms with Gasteiger partial charge < -0.3 is 24.6 Å². The number of nitrogens with one attached hydrogen (secondary N) is 1. The summed E-state index contributed by atoms with van der Waals surface area (Å²) in [6.07, 6.45) is 4.15. The summed E-state index contributed by atoms with van der Waals surface area (Å²) in [6.45, 7) is 12.9. The molecule has 0 aliphatic carbocycles. The number of ether oxygens (including phenoxy) is 2. The van der Waals surface area contributed by atoms with Gasteiger partial charge in [0.15, 0.2) is 0 Å². The molecule has 1 amide bonds. The van der Waals surface area contributed by atoms with E-state index >= 15 is 0 Å². The first kappa shape index (κ1) is 22.3. The highest BCUT2D eigenvalue weighted by molar-refractivity contribution is 5.87. The van der Waals surface area contributed by atoms with E-state index < -0.39 is 0 Å². The summed E-state index contributed by atoms with van der Waals surface area (Å²) < 4.78 is 11.8. The van der Waals surface area contributed by atoms with Crippen molar-refractivity contribution in [1.29, 1.82) is 0 Å². The van der Waals surface area contributed by atoms with Crippen LogP contribution in [0, 0.1) is 6.92 Å². The first-order valence-electron chi connectivity index (χ1n) is 12.5. The quantitative estimate of drug-likeness (QED) is 0.674. The fourth-order valence-corrected chi connectivity index (χ4v) is 5.67. The van der Waals surface area contributed by atoms with Crippen molar-refractivity contribution in [1.82, 2.24) is 19.8 Å². The van der Waals surface area contributed by atoms with E-state index in [1.54, 1.807) is 6.33 Å². The third kappa shape index (κ3) is 4.12. The lowest BCUT2D eigenvalue weighted by Crippen LogP contribution is -2.60. The average molecular weight is 477 g/mol. The van der Waals surface area contributed by atoms with Crippen molar-refractivity contribution in [3.05, 3.63) is 47.8 Å². The molecular weight excluding hydrogens is 444 g/mol. The van der Waals surface area contributed by atoms with E-state index in [0.29, 0.717) is 31.8 Å². The Balaban J connectivity index is 1.20. The Labute approximate surface area is 205 Å². The zero-order chi connectivity index (χ0) is 23.9. The molecule has 9 heteroatoms. The fraction of sp³-hybridized carbons (Fsp3) is 0.500. The maximum Gasteiger partial charge on any atom is 0.246 e. The summed E-state index contributed by atoms with van der Waals surface area (Å²) in [7, 11) is 0. The highest BCUT2D eigenvalue weighted by atomic mass is 16.5. The van der Waals surface area contributed by atoms with E-state index in [-0.39, 0.29) is 5.91 Å². The summed E-state index contributed by atoms with van der Waals surface area (Å²) in [5.41, 5.74) is 4.41. The molecule has 9 nitrogen and oxygen atoms in total. The molecule has 6 rings (SSSR count). The summed E-state index contributed by atoms with van der Waals surface area (Å²) in [4.78, 5) is 27.6. The van der Waals surface area contributed by atoms with Gasteiger partial charge in [0.05, 0.1) is 24.5 Å². The van der Waals surface area contributed by atoms with Crippen molar-refractivity contribution in [2.75, 3.05) is 62.7 Å². The van der Waals surface area contributed by atoms with Crippen molar-refractivity contribution in [2.24, 2.45) is 0 Å². The highest BCUT2D eigenvalue weighted by Gasteiger charge is 2.38. The number of amides is 1. The molecule has 1 aromatic heterocycles. The van der Waals surface area contributed by atoms with Gasteiger partial charge in [-0.3, -0.25) is 9.69 Å². The molecule has 2 aromatic rings. The number of fused-ring (bicyclic) bond motifs is 2. The van der Waals surface area contributed by atoms with Crippen LogP contribution in [0.25, 0.3) is 0 Å². The first-order valence-corrected chi connectivity index (χ1v) is 12.5. The zero-order valence-corrected chi connectivity index (χ0v) is 20.2. The fourth-order valence-electron chi connectivity index (χ4n) is 5.67. The van der Waals surface area contributed by atoms with E-state index in [9.17, 15) is 4.79 Å². The zero-order valence-electron chi connectivity index (χ0n) is 20.2. The molecule has 35 heavy (non-hydrogen) atoms. The van der Waals surface area contributed by atoms with Crippen molar-refractivity contribution >= 4 is 23.2 Å². The lowest BCUT2D eigenvalue weighted by molar-refractivity contribution is -0.132. The molecule has 5 heterocycles. The maximum absolute atomic E-state index is 11.8. The number of hydrogen-bond acceptors (Lipinski definition) is 8. The van der Waals surface area contributed by atoms with Crippen LogP contribution in [0.5, 0.6) is 5.75 Å². The summed E-state index contributed by atoms with van der Waals surface area (Å²) in [5, 5.41) is 3.57. The normalized spacial score (nSPS) is 22.4. The Kier molecular flexibility index (Phi) is 5.82. The van der Waals surface area contributed by atoms with Gasteiger partial charge in [-0.25, -0.2) is 9.97 Å². The number of likely N-dealkylation sites (tertiary alicyclic amines) is 2. The van der Waals surface area contributed by atoms with Crippen LogP contribution >= 0.6 is 0 Å². The number of anilines is 3. The van der Waals surface area contributed by atoms with Gasteiger partial charge in [0, 0.05) is 38.8 Å². The molecule has 1 atom stereocenters. The molecule has 0 radical (unpaired) electrons. The van der Waals surface area contributed by atoms with Gasteiger partial charge in [0.25, 0.3) is 0 Å². The predicted molar refractivity (Wildman–Crippen MR) is 133 cm³/mol. The number of nitrogens with zero attached hydrogens (tertiary/aromatic N) is 5. The number of morpholine rings is 1. The van der Waals surface area contributed by atoms with E-state index in [0.717, 1.165) is 79.9 Å². The number of benzene rings is 1. The first-order chi connectivity index (χ1) is 17.1. The Morgan fingerprint density at radius 1 is 1.17 bits per heavy atom. The summed E-state index contributed by atoms with van der Waals surface area (Å²) in [6, 6.07) is 4.96. The van der Waals surface area contributed by atoms with Crippen LogP contribution in [-0.2, 0) is 16.1 Å². The van der Waals surface area contributed by atoms with E-state index in [4.69, 9.17) is 9.47 Å². The number of carbonyl (C=O) groups excluding carboxylic acids is 1. The van der Waals surface area contributed by atoms with Crippen LogP contribution in [0.4, 0.5) is 17.3 Å². The summed E-state index contributed by atoms with van der Waals surface area (Å²) in [5.74, 6) is 3.11. The molecule has 4 aliphatic rings. The Morgan fingerprint density at radius 2 is 2.00 bits per heavy atom. The van der Waals surface area contributed by atoms with Crippen molar-refractivity contribution in [3.63, 3.8) is 0 Å². The number of aryl methyl sites for hydroxylation is 1. The smallest absolute Gasteiger partial charge is 0.246 e. The monoisotopic (exact) mass is 476 g/mol. The second kappa shape index (κ2) is 9.13. The SMILES string of the molecule is C=CC(=O)N1CC(N2CC[C@@H](c3cc(C)c4c(c3)Nc3ncnc(N5CCOCC5)c3CO4)C2)C1. The van der Waals surface area contributed by atoms with Gasteiger partial charge >= 0.3 is 0 Å². The lowest BCUT2D eigenvalue weighted by atomic mass is 9.95. The topological polar surface area (TPSA) is 83.1 Å². The van der Waals surface area contributed by atoms with Crippen LogP contribution in [0.15, 0.2) is 31.1 Å². The van der Waals surface area contributed by atoms with Crippen LogP contribution < -0.4 is 15.0 Å². The molecule has 3 fully saturated rings. The van der Waals surface area contributed by atoms with Gasteiger partial charge in [-0.05, 0) is 49.1 Å². The standard InChI is InChI=1S/C26H32N6O3/c1-3-23(33)32-13-20(14-32)31-5-4-18(12-31)19-10-17(2)24-22(11-19)29-25-21(15-35-24)26(28-16-27-25)30-6-8-34-9-7-30/h3,10-11,16,18,20H,1,4-9,12-15H2,2H3,(H,27,28,29)/t18-/m1/s1. The lowest BCUT2D eigenvalue weighted by Gasteiger charge is -2.43. The molecule has 0 bridgehead atoms. The van der Waals surface area contributed by atoms with E-state index in [1.165, 1.54) is 11.6 Å². The molecule has 4 aliphatic heterocycles. The Morgan fingerprint density at radius 3 is 2.80 bits per heavy atom. The van der Waals surface area contributed by atoms with Crippen LogP contribution in [0.1, 0.15) is 29.0 Å². The third-order valence-corrected chi connectivity index (χ3v) is 7.70. The van der Waals surface area contributed by atoms with Crippen molar-refractivity contribution in [3.8, 4) is 5.75 Å². The molecule has 3 saturated heterocycles. The minimum absolute atomic E-state index is 0.0327. The van der Waals surface area contributed by atoms with Crippen LogP contribution in [-0.4, -0.2) is 84.2 Å². The number of aromatic nitrogens is 2. The molecule has 0 saturated carbocycles. The van der Waals surface area contributed by atoms with Crippen molar-refractivity contribution < 1.29 is 14.3 Å². The molecule has 1 aromatic carbocycles. The minimum atomic E-state index is 0.0327. The van der Waals surface area contributed by atoms with Crippen molar-refractivity contribution in [2.45, 2.75) is 31.9 Å². The number of hydrogen-bond donors (Lipinski definition) is 1. The van der Waals surface area contributed by atoms with Gasteiger partial charge in [-0.1, -0.05) is 12.6 Å². The van der Waals surface area contributed by atoms with E-state index in [2.05, 4.69) is 50.7 Å². The van der Waals surface area contributed by atoms with Gasteiger partial charge in [0.1, 0.15) is 30.3 Å². The molecular formula is C26H32N6O3. The van der Waals surface area contributed by atoms with Gasteiger partial charge in [-0.2, -0.15) is 0 Å². The molecule has 0 spiro atoms. The number of rotatable bonds is 4. The predicted octanol–water partition coefficient (Wildman–Crippen LogP) is 2.44. The van der Waals surface area contributed by atoms with Gasteiger partial charge in [0.2, 0.25) is 5.91 Å². The van der Waals surface area contributed by atoms with E-state index in [1.807, 2.05) is 4.90 Å². The maximum atomic E-state index is 11.8. The largest absolute Gasteiger partial charge is 0.486 e. The molecule has 184 valence electrons. The second-order valence-electron chi connectivity index (χ2n) is 9.83. The molecule has 1 N–H and O–H groups in total.